The number of rotatable bonds is 3. The minimum Gasteiger partial charge on any atom is -0.296 e. The van der Waals surface area contributed by atoms with Crippen molar-refractivity contribution in [1.29, 1.82) is 0 Å². The van der Waals surface area contributed by atoms with Gasteiger partial charge in [0.25, 0.3) is 5.91 Å². The van der Waals surface area contributed by atoms with Gasteiger partial charge in [-0.25, -0.2) is 4.98 Å². The molecule has 5 nitrogen and oxygen atoms in total. The number of anilines is 1. The summed E-state index contributed by atoms with van der Waals surface area (Å²) in [7, 11) is 0. The van der Waals surface area contributed by atoms with Crippen molar-refractivity contribution in [2.45, 2.75) is 6.92 Å². The van der Waals surface area contributed by atoms with Gasteiger partial charge in [0.1, 0.15) is 0 Å². The fourth-order valence-electron chi connectivity index (χ4n) is 2.48. The SMILES string of the molecule is Cc1ccc(-c2csc(NC(=O)c3n[nH]c4ccccc34)n2)cc1. The zero-order valence-electron chi connectivity index (χ0n) is 12.9. The molecule has 4 aromatic rings. The van der Waals surface area contributed by atoms with E-state index in [9.17, 15) is 4.79 Å². The molecule has 0 spiro atoms. The number of aryl methyl sites for hydroxylation is 1. The van der Waals surface area contributed by atoms with Gasteiger partial charge in [0.05, 0.1) is 11.2 Å². The molecule has 2 aromatic heterocycles. The van der Waals surface area contributed by atoms with Crippen LogP contribution in [0.3, 0.4) is 0 Å². The van der Waals surface area contributed by atoms with E-state index in [1.807, 2.05) is 60.8 Å². The number of carbonyl (C=O) groups is 1. The van der Waals surface area contributed by atoms with Crippen molar-refractivity contribution in [2.24, 2.45) is 0 Å². The van der Waals surface area contributed by atoms with Crippen LogP contribution in [-0.4, -0.2) is 21.1 Å². The van der Waals surface area contributed by atoms with Gasteiger partial charge in [0.15, 0.2) is 10.8 Å². The summed E-state index contributed by atoms with van der Waals surface area (Å²) in [5.41, 5.74) is 4.29. The molecule has 1 amide bonds. The average Bonchev–Trinajstić information content (AvgIpc) is 3.22. The molecule has 0 saturated heterocycles. The summed E-state index contributed by atoms with van der Waals surface area (Å²) in [5.74, 6) is -0.266. The number of hydrogen-bond donors (Lipinski definition) is 2. The van der Waals surface area contributed by atoms with E-state index >= 15 is 0 Å². The van der Waals surface area contributed by atoms with Crippen LogP contribution in [0.1, 0.15) is 16.1 Å². The third kappa shape index (κ3) is 2.68. The molecule has 6 heteroatoms. The average molecular weight is 334 g/mol. The van der Waals surface area contributed by atoms with Gasteiger partial charge in [0.2, 0.25) is 0 Å². The first-order valence-corrected chi connectivity index (χ1v) is 8.36. The fourth-order valence-corrected chi connectivity index (χ4v) is 3.20. The quantitative estimate of drug-likeness (QED) is 0.588. The summed E-state index contributed by atoms with van der Waals surface area (Å²) >= 11 is 1.40. The number of fused-ring (bicyclic) bond motifs is 1. The Hall–Kier alpha value is -2.99. The Morgan fingerprint density at radius 1 is 1.12 bits per heavy atom. The van der Waals surface area contributed by atoms with E-state index < -0.39 is 0 Å². The van der Waals surface area contributed by atoms with Crippen LogP contribution in [0.25, 0.3) is 22.2 Å². The molecule has 0 radical (unpaired) electrons. The van der Waals surface area contributed by atoms with E-state index in [0.717, 1.165) is 22.2 Å². The molecule has 0 atom stereocenters. The van der Waals surface area contributed by atoms with Gasteiger partial charge in [-0.05, 0) is 13.0 Å². The molecule has 118 valence electrons. The first-order chi connectivity index (χ1) is 11.7. The van der Waals surface area contributed by atoms with Gasteiger partial charge in [-0.15, -0.1) is 11.3 Å². The van der Waals surface area contributed by atoms with E-state index in [1.165, 1.54) is 16.9 Å². The third-order valence-electron chi connectivity index (χ3n) is 3.76. The van der Waals surface area contributed by atoms with Crippen molar-refractivity contribution < 1.29 is 4.79 Å². The maximum absolute atomic E-state index is 12.5. The van der Waals surface area contributed by atoms with Crippen LogP contribution in [0.5, 0.6) is 0 Å². The minimum absolute atomic E-state index is 0.266. The van der Waals surface area contributed by atoms with Crippen molar-refractivity contribution in [2.75, 3.05) is 5.32 Å². The second kappa shape index (κ2) is 5.90. The molecule has 0 aliphatic heterocycles. The van der Waals surface area contributed by atoms with E-state index in [4.69, 9.17) is 0 Å². The van der Waals surface area contributed by atoms with Gasteiger partial charge in [0, 0.05) is 16.3 Å². The highest BCUT2D eigenvalue weighted by atomic mass is 32.1. The molecule has 0 bridgehead atoms. The van der Waals surface area contributed by atoms with E-state index in [1.54, 1.807) is 0 Å². The first-order valence-electron chi connectivity index (χ1n) is 7.48. The largest absolute Gasteiger partial charge is 0.296 e. The second-order valence-electron chi connectivity index (χ2n) is 5.48. The van der Waals surface area contributed by atoms with Crippen LogP contribution >= 0.6 is 11.3 Å². The Morgan fingerprint density at radius 3 is 2.75 bits per heavy atom. The number of H-pyrrole nitrogens is 1. The number of para-hydroxylation sites is 1. The first kappa shape index (κ1) is 14.6. The number of aromatic nitrogens is 3. The molecular formula is C18H14N4OS. The van der Waals surface area contributed by atoms with E-state index in [2.05, 4.69) is 20.5 Å². The Morgan fingerprint density at radius 2 is 1.92 bits per heavy atom. The van der Waals surface area contributed by atoms with Gasteiger partial charge in [-0.3, -0.25) is 15.2 Å². The van der Waals surface area contributed by atoms with Crippen LogP contribution in [0.2, 0.25) is 0 Å². The van der Waals surface area contributed by atoms with Gasteiger partial charge in [-0.1, -0.05) is 48.0 Å². The number of thiazole rings is 1. The summed E-state index contributed by atoms with van der Waals surface area (Å²) in [6.07, 6.45) is 0. The van der Waals surface area contributed by atoms with Crippen molar-refractivity contribution in [1.82, 2.24) is 15.2 Å². The molecule has 2 heterocycles. The van der Waals surface area contributed by atoms with Crippen molar-refractivity contribution in [3.63, 3.8) is 0 Å². The van der Waals surface area contributed by atoms with Crippen molar-refractivity contribution in [3.8, 4) is 11.3 Å². The van der Waals surface area contributed by atoms with Gasteiger partial charge < -0.3 is 0 Å². The molecule has 0 saturated carbocycles. The van der Waals surface area contributed by atoms with E-state index in [0.29, 0.717) is 10.8 Å². The van der Waals surface area contributed by atoms with Crippen LogP contribution in [0.4, 0.5) is 5.13 Å². The lowest BCUT2D eigenvalue weighted by molar-refractivity contribution is 0.102. The van der Waals surface area contributed by atoms with Crippen molar-refractivity contribution >= 4 is 33.3 Å². The monoisotopic (exact) mass is 334 g/mol. The summed E-state index contributed by atoms with van der Waals surface area (Å²) in [6, 6.07) is 15.7. The number of nitrogens with one attached hydrogen (secondary N) is 2. The van der Waals surface area contributed by atoms with Gasteiger partial charge >= 0.3 is 0 Å². The Balaban J connectivity index is 1.57. The molecule has 0 fully saturated rings. The zero-order valence-corrected chi connectivity index (χ0v) is 13.7. The summed E-state index contributed by atoms with van der Waals surface area (Å²) in [5, 5.41) is 13.1. The molecule has 0 aliphatic carbocycles. The lowest BCUT2D eigenvalue weighted by Crippen LogP contribution is -2.12. The Kier molecular flexibility index (Phi) is 3.59. The second-order valence-corrected chi connectivity index (χ2v) is 6.33. The predicted molar refractivity (Wildman–Crippen MR) is 96.3 cm³/mol. The standard InChI is InChI=1S/C18H14N4OS/c1-11-6-8-12(9-7-11)15-10-24-18(19-15)20-17(23)16-13-4-2-3-5-14(13)21-22-16/h2-10H,1H3,(H,21,22)(H,19,20,23). The summed E-state index contributed by atoms with van der Waals surface area (Å²) < 4.78 is 0. The summed E-state index contributed by atoms with van der Waals surface area (Å²) in [6.45, 7) is 2.05. The smallest absolute Gasteiger partial charge is 0.278 e. The number of aromatic amines is 1. The molecule has 0 unspecified atom stereocenters. The number of amides is 1. The number of carbonyl (C=O) groups excluding carboxylic acids is 1. The molecule has 4 rings (SSSR count). The molecular weight excluding hydrogens is 320 g/mol. The maximum atomic E-state index is 12.5. The lowest BCUT2D eigenvalue weighted by atomic mass is 10.1. The van der Waals surface area contributed by atoms with Crippen LogP contribution < -0.4 is 5.32 Å². The molecule has 2 aromatic carbocycles. The highest BCUT2D eigenvalue weighted by molar-refractivity contribution is 7.14. The zero-order chi connectivity index (χ0) is 16.5. The normalized spacial score (nSPS) is 10.9. The molecule has 2 N–H and O–H groups in total. The third-order valence-corrected chi connectivity index (χ3v) is 4.52. The van der Waals surface area contributed by atoms with E-state index in [-0.39, 0.29) is 5.91 Å². The fraction of sp³-hybridized carbons (Fsp3) is 0.0556. The van der Waals surface area contributed by atoms with Crippen LogP contribution in [0, 0.1) is 6.92 Å². The van der Waals surface area contributed by atoms with Crippen molar-refractivity contribution in [3.05, 3.63) is 65.2 Å². The lowest BCUT2D eigenvalue weighted by Gasteiger charge is -1.99. The maximum Gasteiger partial charge on any atom is 0.278 e. The Bertz CT molecular complexity index is 1020. The highest BCUT2D eigenvalue weighted by Gasteiger charge is 2.15. The molecule has 24 heavy (non-hydrogen) atoms. The molecule has 0 aliphatic rings. The number of nitrogens with zero attached hydrogens (tertiary/aromatic N) is 2. The van der Waals surface area contributed by atoms with Crippen LogP contribution in [0.15, 0.2) is 53.9 Å². The van der Waals surface area contributed by atoms with Gasteiger partial charge in [-0.2, -0.15) is 5.10 Å². The highest BCUT2D eigenvalue weighted by Crippen LogP contribution is 2.26. The predicted octanol–water partition coefficient (Wildman–Crippen LogP) is 4.25. The number of benzene rings is 2. The minimum atomic E-state index is -0.266. The number of hydrogen-bond acceptors (Lipinski definition) is 4. The summed E-state index contributed by atoms with van der Waals surface area (Å²) in [4.78, 5) is 16.9. The van der Waals surface area contributed by atoms with Crippen LogP contribution in [-0.2, 0) is 0 Å². The Labute approximate surface area is 142 Å². The topological polar surface area (TPSA) is 70.7 Å².